The van der Waals surface area contributed by atoms with Crippen LogP contribution < -0.4 is 5.32 Å². The Hall–Kier alpha value is 0.310. The minimum atomic E-state index is 0.694. The number of hydrogen-bond acceptors (Lipinski definition) is 2. The second-order valence-corrected chi connectivity index (χ2v) is 5.16. The van der Waals surface area contributed by atoms with E-state index < -0.39 is 0 Å². The maximum Gasteiger partial charge on any atom is 0.00465 e. The molecule has 2 heteroatoms. The van der Waals surface area contributed by atoms with Gasteiger partial charge in [0.1, 0.15) is 0 Å². The van der Waals surface area contributed by atoms with Crippen LogP contribution in [0.4, 0.5) is 0 Å². The van der Waals surface area contributed by atoms with Gasteiger partial charge in [-0.3, -0.25) is 0 Å². The predicted octanol–water partition coefficient (Wildman–Crippen LogP) is 3.15. The summed E-state index contributed by atoms with van der Waals surface area (Å²) < 4.78 is 0. The van der Waals surface area contributed by atoms with Crippen molar-refractivity contribution in [1.82, 2.24) is 5.32 Å². The van der Waals surface area contributed by atoms with Crippen LogP contribution in [-0.4, -0.2) is 24.6 Å². The lowest BCUT2D eigenvalue weighted by Gasteiger charge is -2.13. The number of rotatable bonds is 8. The fourth-order valence-electron chi connectivity index (χ4n) is 1.26. The van der Waals surface area contributed by atoms with Crippen molar-refractivity contribution in [1.29, 1.82) is 0 Å². The predicted molar refractivity (Wildman–Crippen MR) is 64.5 cm³/mol. The molecule has 0 aromatic carbocycles. The fraction of sp³-hybridized carbons (Fsp3) is 1.00. The molecule has 0 rings (SSSR count). The Morgan fingerprint density at radius 2 is 1.85 bits per heavy atom. The van der Waals surface area contributed by atoms with Crippen LogP contribution in [0, 0.1) is 5.92 Å². The van der Waals surface area contributed by atoms with Crippen LogP contribution in [0.3, 0.4) is 0 Å². The van der Waals surface area contributed by atoms with Gasteiger partial charge < -0.3 is 5.32 Å². The van der Waals surface area contributed by atoms with E-state index in [2.05, 4.69) is 32.3 Å². The molecule has 0 aromatic rings. The normalized spacial score (nSPS) is 13.6. The van der Waals surface area contributed by atoms with E-state index in [1.54, 1.807) is 0 Å². The van der Waals surface area contributed by atoms with Crippen molar-refractivity contribution in [2.45, 2.75) is 46.1 Å². The molecule has 0 fully saturated rings. The Morgan fingerprint density at radius 1 is 1.15 bits per heavy atom. The Bertz CT molecular complexity index is 104. The third-order valence-electron chi connectivity index (χ3n) is 2.21. The molecule has 13 heavy (non-hydrogen) atoms. The van der Waals surface area contributed by atoms with Crippen molar-refractivity contribution in [3.05, 3.63) is 0 Å². The van der Waals surface area contributed by atoms with Crippen LogP contribution in [0.5, 0.6) is 0 Å². The van der Waals surface area contributed by atoms with Crippen molar-refractivity contribution in [2.75, 3.05) is 18.6 Å². The van der Waals surface area contributed by atoms with E-state index >= 15 is 0 Å². The first-order valence-corrected chi connectivity index (χ1v) is 6.78. The van der Waals surface area contributed by atoms with Crippen molar-refractivity contribution in [3.63, 3.8) is 0 Å². The van der Waals surface area contributed by atoms with Crippen LogP contribution in [0.1, 0.15) is 40.0 Å². The van der Waals surface area contributed by atoms with Gasteiger partial charge >= 0.3 is 0 Å². The third kappa shape index (κ3) is 10.2. The van der Waals surface area contributed by atoms with E-state index in [1.807, 2.05) is 11.8 Å². The van der Waals surface area contributed by atoms with Gasteiger partial charge in [-0.05, 0) is 50.7 Å². The molecular formula is C11H25NS. The summed E-state index contributed by atoms with van der Waals surface area (Å²) in [4.78, 5) is 0. The van der Waals surface area contributed by atoms with E-state index in [-0.39, 0.29) is 0 Å². The van der Waals surface area contributed by atoms with Gasteiger partial charge in [0.15, 0.2) is 0 Å². The fourth-order valence-corrected chi connectivity index (χ4v) is 1.84. The highest BCUT2D eigenvalue weighted by Crippen LogP contribution is 2.03. The standard InChI is InChI=1S/C11H25NS/c1-10(2)6-5-8-12-11(3)7-9-13-4/h10-12H,5-9H2,1-4H3. The smallest absolute Gasteiger partial charge is 0.00465 e. The molecule has 0 aliphatic heterocycles. The zero-order valence-corrected chi connectivity index (χ0v) is 10.4. The molecule has 0 heterocycles. The summed E-state index contributed by atoms with van der Waals surface area (Å²) in [7, 11) is 0. The minimum absolute atomic E-state index is 0.694. The van der Waals surface area contributed by atoms with Gasteiger partial charge in [0.2, 0.25) is 0 Å². The molecule has 0 spiro atoms. The zero-order chi connectivity index (χ0) is 10.1. The van der Waals surface area contributed by atoms with Gasteiger partial charge in [0.25, 0.3) is 0 Å². The molecule has 1 atom stereocenters. The third-order valence-corrected chi connectivity index (χ3v) is 2.85. The van der Waals surface area contributed by atoms with E-state index in [0.717, 1.165) is 5.92 Å². The van der Waals surface area contributed by atoms with Gasteiger partial charge in [0, 0.05) is 6.04 Å². The molecule has 0 amide bonds. The van der Waals surface area contributed by atoms with Crippen LogP contribution in [-0.2, 0) is 0 Å². The number of thioether (sulfide) groups is 1. The topological polar surface area (TPSA) is 12.0 Å². The molecule has 0 saturated heterocycles. The van der Waals surface area contributed by atoms with Crippen LogP contribution in [0.25, 0.3) is 0 Å². The molecule has 1 unspecified atom stereocenters. The van der Waals surface area contributed by atoms with Crippen molar-refractivity contribution < 1.29 is 0 Å². The average molecular weight is 203 g/mol. The first-order valence-electron chi connectivity index (χ1n) is 5.39. The number of hydrogen-bond donors (Lipinski definition) is 1. The molecule has 1 nitrogen and oxygen atoms in total. The van der Waals surface area contributed by atoms with E-state index in [0.29, 0.717) is 6.04 Å². The highest BCUT2D eigenvalue weighted by molar-refractivity contribution is 7.98. The Labute approximate surface area is 88.1 Å². The summed E-state index contributed by atoms with van der Waals surface area (Å²) in [5.41, 5.74) is 0. The van der Waals surface area contributed by atoms with Gasteiger partial charge in [-0.1, -0.05) is 13.8 Å². The van der Waals surface area contributed by atoms with Crippen LogP contribution in [0.2, 0.25) is 0 Å². The largest absolute Gasteiger partial charge is 0.314 e. The summed E-state index contributed by atoms with van der Waals surface area (Å²) in [5.74, 6) is 2.13. The maximum absolute atomic E-state index is 3.56. The second kappa shape index (κ2) is 8.89. The van der Waals surface area contributed by atoms with Crippen molar-refractivity contribution >= 4 is 11.8 Å². The monoisotopic (exact) mass is 203 g/mol. The zero-order valence-electron chi connectivity index (χ0n) is 9.60. The molecule has 0 radical (unpaired) electrons. The first-order chi connectivity index (χ1) is 6.16. The lowest BCUT2D eigenvalue weighted by molar-refractivity contribution is 0.484. The SMILES string of the molecule is CSCCC(C)NCCCC(C)C. The molecule has 80 valence electrons. The highest BCUT2D eigenvalue weighted by Gasteiger charge is 2.00. The number of nitrogens with one attached hydrogen (secondary N) is 1. The quantitative estimate of drug-likeness (QED) is 0.608. The first kappa shape index (κ1) is 13.3. The molecule has 0 aliphatic rings. The molecule has 0 aromatic heterocycles. The Morgan fingerprint density at radius 3 is 2.38 bits per heavy atom. The summed E-state index contributed by atoms with van der Waals surface area (Å²) >= 11 is 1.93. The minimum Gasteiger partial charge on any atom is -0.314 e. The highest BCUT2D eigenvalue weighted by atomic mass is 32.2. The lowest BCUT2D eigenvalue weighted by Crippen LogP contribution is -2.27. The van der Waals surface area contributed by atoms with Gasteiger partial charge in [-0.2, -0.15) is 11.8 Å². The Balaban J connectivity index is 3.12. The van der Waals surface area contributed by atoms with Gasteiger partial charge in [-0.25, -0.2) is 0 Å². The molecule has 0 bridgehead atoms. The Kier molecular flexibility index (Phi) is 9.10. The van der Waals surface area contributed by atoms with Gasteiger partial charge in [0.05, 0.1) is 0 Å². The molecule has 0 aliphatic carbocycles. The summed E-state index contributed by atoms with van der Waals surface area (Å²) in [6, 6.07) is 0.694. The lowest BCUT2D eigenvalue weighted by atomic mass is 10.1. The summed E-state index contributed by atoms with van der Waals surface area (Å²) in [6.07, 6.45) is 6.14. The summed E-state index contributed by atoms with van der Waals surface area (Å²) in [5, 5.41) is 3.56. The maximum atomic E-state index is 3.56. The molecule has 0 saturated carbocycles. The van der Waals surface area contributed by atoms with Crippen LogP contribution in [0.15, 0.2) is 0 Å². The van der Waals surface area contributed by atoms with E-state index in [9.17, 15) is 0 Å². The molecule has 1 N–H and O–H groups in total. The van der Waals surface area contributed by atoms with Crippen molar-refractivity contribution in [2.24, 2.45) is 5.92 Å². The van der Waals surface area contributed by atoms with E-state index in [4.69, 9.17) is 0 Å². The van der Waals surface area contributed by atoms with E-state index in [1.165, 1.54) is 31.6 Å². The summed E-state index contributed by atoms with van der Waals surface area (Å²) in [6.45, 7) is 8.05. The second-order valence-electron chi connectivity index (χ2n) is 4.17. The van der Waals surface area contributed by atoms with Gasteiger partial charge in [-0.15, -0.1) is 0 Å². The molecular weight excluding hydrogens is 178 g/mol. The van der Waals surface area contributed by atoms with Crippen LogP contribution >= 0.6 is 11.8 Å². The van der Waals surface area contributed by atoms with Crippen molar-refractivity contribution in [3.8, 4) is 0 Å². The average Bonchev–Trinajstić information content (AvgIpc) is 2.08.